The third kappa shape index (κ3) is 2.47. The van der Waals surface area contributed by atoms with Crippen LogP contribution in [-0.4, -0.2) is 6.04 Å². The Labute approximate surface area is 121 Å². The van der Waals surface area contributed by atoms with Gasteiger partial charge in [0, 0.05) is 17.4 Å². The Morgan fingerprint density at radius 3 is 2.90 bits per heavy atom. The fourth-order valence-electron chi connectivity index (χ4n) is 4.21. The summed E-state index contributed by atoms with van der Waals surface area (Å²) < 4.78 is 0. The summed E-state index contributed by atoms with van der Waals surface area (Å²) in [5.74, 6) is 2.72. The standard InChI is InChI=1S/C17H23N3/c1-11(16-9-12-2-3-13(16)8-12)20-15-4-5-17(19)14(10-15)6-7-18/h4-5,10-13,16,20H,2-3,6,8-9,19H2,1H3. The van der Waals surface area contributed by atoms with E-state index in [2.05, 4.69) is 18.3 Å². The molecule has 1 aromatic carbocycles. The highest BCUT2D eigenvalue weighted by Crippen LogP contribution is 2.49. The van der Waals surface area contributed by atoms with Gasteiger partial charge in [-0.1, -0.05) is 6.42 Å². The molecule has 2 aliphatic carbocycles. The Balaban J connectivity index is 1.68. The van der Waals surface area contributed by atoms with Crippen LogP contribution in [0.2, 0.25) is 0 Å². The molecular weight excluding hydrogens is 246 g/mol. The van der Waals surface area contributed by atoms with Crippen LogP contribution in [0, 0.1) is 29.1 Å². The Morgan fingerprint density at radius 2 is 2.25 bits per heavy atom. The summed E-state index contributed by atoms with van der Waals surface area (Å²) in [5.41, 5.74) is 8.64. The number of benzene rings is 1. The Bertz CT molecular complexity index is 532. The molecule has 0 aliphatic heterocycles. The van der Waals surface area contributed by atoms with Gasteiger partial charge in [0.1, 0.15) is 0 Å². The first-order chi connectivity index (χ1) is 9.67. The molecule has 3 rings (SSSR count). The molecule has 2 bridgehead atoms. The van der Waals surface area contributed by atoms with Crippen LogP contribution >= 0.6 is 0 Å². The zero-order valence-corrected chi connectivity index (χ0v) is 12.1. The van der Waals surface area contributed by atoms with E-state index in [0.29, 0.717) is 18.2 Å². The summed E-state index contributed by atoms with van der Waals surface area (Å²) in [6.45, 7) is 2.30. The van der Waals surface area contributed by atoms with Crippen molar-refractivity contribution in [1.82, 2.24) is 0 Å². The molecular formula is C17H23N3. The van der Waals surface area contributed by atoms with E-state index in [1.807, 2.05) is 18.2 Å². The first kappa shape index (κ1) is 13.3. The quantitative estimate of drug-likeness (QED) is 0.821. The van der Waals surface area contributed by atoms with E-state index in [4.69, 9.17) is 11.0 Å². The van der Waals surface area contributed by atoms with Crippen molar-refractivity contribution < 1.29 is 0 Å². The third-order valence-electron chi connectivity index (χ3n) is 5.24. The summed E-state index contributed by atoms with van der Waals surface area (Å²) in [4.78, 5) is 0. The number of hydrogen-bond acceptors (Lipinski definition) is 3. The lowest BCUT2D eigenvalue weighted by Gasteiger charge is -2.29. The molecule has 3 nitrogen and oxygen atoms in total. The fourth-order valence-corrected chi connectivity index (χ4v) is 4.21. The minimum absolute atomic E-state index is 0.379. The van der Waals surface area contributed by atoms with Gasteiger partial charge in [-0.2, -0.15) is 5.26 Å². The summed E-state index contributed by atoms with van der Waals surface area (Å²) >= 11 is 0. The number of nitrogens with one attached hydrogen (secondary N) is 1. The van der Waals surface area contributed by atoms with Gasteiger partial charge in [0.25, 0.3) is 0 Å². The molecule has 4 atom stereocenters. The lowest BCUT2D eigenvalue weighted by molar-refractivity contribution is 0.304. The Morgan fingerprint density at radius 1 is 1.40 bits per heavy atom. The number of hydrogen-bond donors (Lipinski definition) is 2. The smallest absolute Gasteiger partial charge is 0.0670 e. The van der Waals surface area contributed by atoms with Gasteiger partial charge >= 0.3 is 0 Å². The number of rotatable bonds is 4. The second kappa shape index (κ2) is 5.36. The van der Waals surface area contributed by atoms with Gasteiger partial charge in [-0.15, -0.1) is 0 Å². The van der Waals surface area contributed by atoms with Crippen molar-refractivity contribution in [2.24, 2.45) is 17.8 Å². The Hall–Kier alpha value is -1.69. The van der Waals surface area contributed by atoms with Gasteiger partial charge in [0.2, 0.25) is 0 Å². The summed E-state index contributed by atoms with van der Waals surface area (Å²) in [6.07, 6.45) is 6.08. The highest BCUT2D eigenvalue weighted by atomic mass is 14.9. The zero-order valence-electron chi connectivity index (χ0n) is 12.1. The molecule has 0 amide bonds. The average Bonchev–Trinajstić information content (AvgIpc) is 3.05. The van der Waals surface area contributed by atoms with E-state index < -0.39 is 0 Å². The molecule has 0 aromatic heterocycles. The second-order valence-electron chi connectivity index (χ2n) is 6.52. The second-order valence-corrected chi connectivity index (χ2v) is 6.52. The third-order valence-corrected chi connectivity index (χ3v) is 5.24. The van der Waals surface area contributed by atoms with Crippen molar-refractivity contribution in [3.63, 3.8) is 0 Å². The van der Waals surface area contributed by atoms with Crippen molar-refractivity contribution in [3.8, 4) is 6.07 Å². The molecule has 3 N–H and O–H groups in total. The first-order valence-electron chi connectivity index (χ1n) is 7.69. The molecule has 0 heterocycles. The van der Waals surface area contributed by atoms with Crippen molar-refractivity contribution >= 4 is 11.4 Å². The maximum atomic E-state index is 8.84. The largest absolute Gasteiger partial charge is 0.398 e. The average molecular weight is 269 g/mol. The van der Waals surface area contributed by atoms with Crippen LogP contribution in [0.25, 0.3) is 0 Å². The molecule has 0 radical (unpaired) electrons. The first-order valence-corrected chi connectivity index (χ1v) is 7.69. The predicted molar refractivity (Wildman–Crippen MR) is 82.2 cm³/mol. The molecule has 0 spiro atoms. The van der Waals surface area contributed by atoms with Crippen LogP contribution < -0.4 is 11.1 Å². The maximum Gasteiger partial charge on any atom is 0.0670 e. The highest BCUT2D eigenvalue weighted by Gasteiger charge is 2.41. The molecule has 20 heavy (non-hydrogen) atoms. The van der Waals surface area contributed by atoms with Crippen molar-refractivity contribution in [3.05, 3.63) is 23.8 Å². The number of nitrogens with two attached hydrogens (primary N) is 1. The lowest BCUT2D eigenvalue weighted by atomic mass is 9.84. The zero-order chi connectivity index (χ0) is 14.1. The van der Waals surface area contributed by atoms with Crippen LogP contribution in [-0.2, 0) is 6.42 Å². The highest BCUT2D eigenvalue weighted by molar-refractivity contribution is 5.58. The van der Waals surface area contributed by atoms with E-state index in [9.17, 15) is 0 Å². The molecule has 3 heteroatoms. The van der Waals surface area contributed by atoms with Gasteiger partial charge in [-0.05, 0) is 67.7 Å². The molecule has 4 unspecified atom stereocenters. The van der Waals surface area contributed by atoms with Crippen molar-refractivity contribution in [2.45, 2.75) is 45.1 Å². The molecule has 0 saturated heterocycles. The van der Waals surface area contributed by atoms with Gasteiger partial charge in [0.15, 0.2) is 0 Å². The Kier molecular flexibility index (Phi) is 3.56. The van der Waals surface area contributed by atoms with Crippen LogP contribution in [0.15, 0.2) is 18.2 Å². The normalized spacial score (nSPS) is 29.1. The van der Waals surface area contributed by atoms with Crippen LogP contribution in [0.1, 0.15) is 38.2 Å². The summed E-state index contributed by atoms with van der Waals surface area (Å²) in [7, 11) is 0. The minimum atomic E-state index is 0.379. The number of nitriles is 1. The van der Waals surface area contributed by atoms with Gasteiger partial charge in [-0.25, -0.2) is 0 Å². The van der Waals surface area contributed by atoms with Gasteiger partial charge in [-0.3, -0.25) is 0 Å². The molecule has 2 fully saturated rings. The topological polar surface area (TPSA) is 61.8 Å². The molecule has 1 aromatic rings. The van der Waals surface area contributed by atoms with Crippen LogP contribution in [0.5, 0.6) is 0 Å². The van der Waals surface area contributed by atoms with Crippen LogP contribution in [0.3, 0.4) is 0 Å². The van der Waals surface area contributed by atoms with E-state index in [-0.39, 0.29) is 0 Å². The van der Waals surface area contributed by atoms with E-state index in [1.165, 1.54) is 25.7 Å². The monoisotopic (exact) mass is 269 g/mol. The van der Waals surface area contributed by atoms with Crippen molar-refractivity contribution in [2.75, 3.05) is 11.1 Å². The molecule has 2 saturated carbocycles. The van der Waals surface area contributed by atoms with Crippen LogP contribution in [0.4, 0.5) is 11.4 Å². The summed E-state index contributed by atoms with van der Waals surface area (Å²) in [5, 5.41) is 12.5. The maximum absolute atomic E-state index is 8.84. The predicted octanol–water partition coefficient (Wildman–Crippen LogP) is 3.57. The number of nitrogens with zero attached hydrogens (tertiary/aromatic N) is 1. The van der Waals surface area contributed by atoms with Crippen molar-refractivity contribution in [1.29, 1.82) is 5.26 Å². The van der Waals surface area contributed by atoms with Gasteiger partial charge < -0.3 is 11.1 Å². The number of fused-ring (bicyclic) bond motifs is 2. The number of nitrogen functional groups attached to an aromatic ring is 1. The number of anilines is 2. The summed E-state index contributed by atoms with van der Waals surface area (Å²) in [6, 6.07) is 8.64. The van der Waals surface area contributed by atoms with E-state index in [0.717, 1.165) is 29.0 Å². The minimum Gasteiger partial charge on any atom is -0.398 e. The molecule has 106 valence electrons. The fraction of sp³-hybridized carbons (Fsp3) is 0.588. The lowest BCUT2D eigenvalue weighted by Crippen LogP contribution is -2.29. The van der Waals surface area contributed by atoms with E-state index >= 15 is 0 Å². The SMILES string of the molecule is CC(Nc1ccc(N)c(CC#N)c1)C1CC2CCC1C2. The van der Waals surface area contributed by atoms with Gasteiger partial charge in [0.05, 0.1) is 12.5 Å². The van der Waals surface area contributed by atoms with E-state index in [1.54, 1.807) is 0 Å². The molecule has 2 aliphatic rings.